The summed E-state index contributed by atoms with van der Waals surface area (Å²) in [6.45, 7) is -0.326. The van der Waals surface area contributed by atoms with Crippen molar-refractivity contribution in [3.63, 3.8) is 0 Å². The van der Waals surface area contributed by atoms with E-state index >= 15 is 0 Å². The Balaban J connectivity index is 2.74. The molecule has 108 valence electrons. The van der Waals surface area contributed by atoms with Gasteiger partial charge in [0.15, 0.2) is 11.5 Å². The Kier molecular flexibility index (Phi) is 6.62. The standard InChI is InChI=1S/C14H22O5/c1-18-13-4-3-10(7-14(13)19-2)5-11(8-15)6-12(17)9-16/h3-4,7,11-12,15-17H,5-6,8-9H2,1-2H3/t11?,12-/m0/s1. The third-order valence-electron chi connectivity index (χ3n) is 3.05. The molecule has 0 radical (unpaired) electrons. The molecule has 0 aliphatic carbocycles. The second kappa shape index (κ2) is 7.99. The third-order valence-corrected chi connectivity index (χ3v) is 3.05. The predicted octanol–water partition coefficient (Wildman–Crippen LogP) is 0.598. The van der Waals surface area contributed by atoms with E-state index in [0.29, 0.717) is 24.3 Å². The van der Waals surface area contributed by atoms with E-state index < -0.39 is 6.10 Å². The smallest absolute Gasteiger partial charge is 0.160 e. The fraction of sp³-hybridized carbons (Fsp3) is 0.571. The minimum atomic E-state index is -0.794. The van der Waals surface area contributed by atoms with Gasteiger partial charge in [-0.25, -0.2) is 0 Å². The molecule has 0 heterocycles. The zero-order valence-corrected chi connectivity index (χ0v) is 11.4. The van der Waals surface area contributed by atoms with Gasteiger partial charge in [0, 0.05) is 6.61 Å². The van der Waals surface area contributed by atoms with Gasteiger partial charge in [0.05, 0.1) is 26.9 Å². The van der Waals surface area contributed by atoms with Crippen LogP contribution in [0.1, 0.15) is 12.0 Å². The monoisotopic (exact) mass is 270 g/mol. The number of hydrogen-bond donors (Lipinski definition) is 3. The largest absolute Gasteiger partial charge is 0.493 e. The Morgan fingerprint density at radius 1 is 1.05 bits per heavy atom. The zero-order chi connectivity index (χ0) is 14.3. The molecule has 0 saturated heterocycles. The summed E-state index contributed by atoms with van der Waals surface area (Å²) < 4.78 is 10.4. The second-order valence-electron chi connectivity index (χ2n) is 4.51. The summed E-state index contributed by atoms with van der Waals surface area (Å²) in [6, 6.07) is 5.56. The number of rotatable bonds is 8. The van der Waals surface area contributed by atoms with Crippen molar-refractivity contribution in [2.75, 3.05) is 27.4 Å². The van der Waals surface area contributed by atoms with Crippen LogP contribution in [-0.2, 0) is 6.42 Å². The van der Waals surface area contributed by atoms with E-state index in [4.69, 9.17) is 14.6 Å². The van der Waals surface area contributed by atoms with Crippen molar-refractivity contribution in [2.24, 2.45) is 5.92 Å². The molecule has 19 heavy (non-hydrogen) atoms. The Labute approximate surface area is 113 Å². The van der Waals surface area contributed by atoms with E-state index in [9.17, 15) is 10.2 Å². The number of benzene rings is 1. The molecule has 1 aromatic carbocycles. The average molecular weight is 270 g/mol. The van der Waals surface area contributed by atoms with Crippen LogP contribution in [0.15, 0.2) is 18.2 Å². The molecular weight excluding hydrogens is 248 g/mol. The van der Waals surface area contributed by atoms with Gasteiger partial charge in [0.25, 0.3) is 0 Å². The van der Waals surface area contributed by atoms with Gasteiger partial charge in [-0.1, -0.05) is 6.07 Å². The van der Waals surface area contributed by atoms with Gasteiger partial charge in [-0.15, -0.1) is 0 Å². The Bertz CT molecular complexity index is 380. The lowest BCUT2D eigenvalue weighted by molar-refractivity contribution is 0.0626. The van der Waals surface area contributed by atoms with Gasteiger partial charge in [0.1, 0.15) is 0 Å². The van der Waals surface area contributed by atoms with E-state index in [1.807, 2.05) is 18.2 Å². The van der Waals surface area contributed by atoms with Crippen LogP contribution in [0.5, 0.6) is 11.5 Å². The number of hydrogen-bond acceptors (Lipinski definition) is 5. The molecule has 0 aliphatic rings. The van der Waals surface area contributed by atoms with Crippen molar-refractivity contribution in [1.82, 2.24) is 0 Å². The molecule has 2 atom stereocenters. The Morgan fingerprint density at radius 3 is 2.26 bits per heavy atom. The molecule has 0 spiro atoms. The van der Waals surface area contributed by atoms with Crippen LogP contribution in [-0.4, -0.2) is 48.9 Å². The van der Waals surface area contributed by atoms with Crippen molar-refractivity contribution in [2.45, 2.75) is 18.9 Å². The molecular formula is C14H22O5. The van der Waals surface area contributed by atoms with Crippen LogP contribution >= 0.6 is 0 Å². The van der Waals surface area contributed by atoms with E-state index in [1.54, 1.807) is 14.2 Å². The third kappa shape index (κ3) is 4.70. The molecule has 1 aromatic rings. The maximum Gasteiger partial charge on any atom is 0.160 e. The number of ether oxygens (including phenoxy) is 2. The summed E-state index contributed by atoms with van der Waals surface area (Å²) in [7, 11) is 3.15. The summed E-state index contributed by atoms with van der Waals surface area (Å²) in [5, 5.41) is 27.6. The predicted molar refractivity (Wildman–Crippen MR) is 71.5 cm³/mol. The molecule has 0 fully saturated rings. The molecule has 3 N–H and O–H groups in total. The van der Waals surface area contributed by atoms with Gasteiger partial charge in [-0.3, -0.25) is 0 Å². The maximum absolute atomic E-state index is 9.41. The van der Waals surface area contributed by atoms with Crippen LogP contribution in [0, 0.1) is 5.92 Å². The summed E-state index contributed by atoms with van der Waals surface area (Å²) >= 11 is 0. The minimum Gasteiger partial charge on any atom is -0.493 e. The lowest BCUT2D eigenvalue weighted by Gasteiger charge is -2.18. The fourth-order valence-electron chi connectivity index (χ4n) is 2.02. The lowest BCUT2D eigenvalue weighted by Crippen LogP contribution is -2.21. The van der Waals surface area contributed by atoms with Crippen molar-refractivity contribution in [3.05, 3.63) is 23.8 Å². The highest BCUT2D eigenvalue weighted by atomic mass is 16.5. The first kappa shape index (κ1) is 15.8. The molecule has 1 rings (SSSR count). The van der Waals surface area contributed by atoms with Crippen molar-refractivity contribution < 1.29 is 24.8 Å². The molecule has 0 amide bonds. The quantitative estimate of drug-likeness (QED) is 0.644. The summed E-state index contributed by atoms with van der Waals surface area (Å²) in [5.41, 5.74) is 0.988. The van der Waals surface area contributed by atoms with E-state index in [0.717, 1.165) is 5.56 Å². The Morgan fingerprint density at radius 2 is 1.74 bits per heavy atom. The van der Waals surface area contributed by atoms with E-state index in [2.05, 4.69) is 0 Å². The number of aliphatic hydroxyl groups is 3. The van der Waals surface area contributed by atoms with E-state index in [1.165, 1.54) is 0 Å². The van der Waals surface area contributed by atoms with Gasteiger partial charge >= 0.3 is 0 Å². The van der Waals surface area contributed by atoms with Crippen LogP contribution < -0.4 is 9.47 Å². The number of methoxy groups -OCH3 is 2. The summed E-state index contributed by atoms with van der Waals surface area (Å²) in [4.78, 5) is 0. The maximum atomic E-state index is 9.41. The SMILES string of the molecule is COc1ccc(CC(CO)C[C@H](O)CO)cc1OC. The topological polar surface area (TPSA) is 79.2 Å². The first-order chi connectivity index (χ1) is 9.14. The second-order valence-corrected chi connectivity index (χ2v) is 4.51. The van der Waals surface area contributed by atoms with Crippen LogP contribution in [0.4, 0.5) is 0 Å². The summed E-state index contributed by atoms with van der Waals surface area (Å²) in [5.74, 6) is 1.20. The zero-order valence-electron chi connectivity index (χ0n) is 11.4. The van der Waals surface area contributed by atoms with Gasteiger partial charge in [-0.05, 0) is 36.5 Å². The number of aliphatic hydroxyl groups excluding tert-OH is 3. The minimum absolute atomic E-state index is 0.0363. The van der Waals surface area contributed by atoms with Crippen molar-refractivity contribution >= 4 is 0 Å². The fourth-order valence-corrected chi connectivity index (χ4v) is 2.02. The van der Waals surface area contributed by atoms with Crippen molar-refractivity contribution in [3.8, 4) is 11.5 Å². The van der Waals surface area contributed by atoms with Crippen LogP contribution in [0.2, 0.25) is 0 Å². The van der Waals surface area contributed by atoms with E-state index in [-0.39, 0.29) is 19.1 Å². The van der Waals surface area contributed by atoms with Crippen LogP contribution in [0.3, 0.4) is 0 Å². The Hall–Kier alpha value is -1.30. The first-order valence-electron chi connectivity index (χ1n) is 6.25. The average Bonchev–Trinajstić information content (AvgIpc) is 2.45. The van der Waals surface area contributed by atoms with Gasteiger partial charge in [0.2, 0.25) is 0 Å². The molecule has 0 aliphatic heterocycles. The molecule has 0 aromatic heterocycles. The highest BCUT2D eigenvalue weighted by Gasteiger charge is 2.15. The molecule has 0 bridgehead atoms. The molecule has 5 nitrogen and oxygen atoms in total. The summed E-state index contributed by atoms with van der Waals surface area (Å²) in [6.07, 6.45) is 0.173. The lowest BCUT2D eigenvalue weighted by atomic mass is 9.94. The normalized spacial score (nSPS) is 13.9. The van der Waals surface area contributed by atoms with Gasteiger partial charge < -0.3 is 24.8 Å². The molecule has 5 heteroatoms. The first-order valence-corrected chi connectivity index (χ1v) is 6.25. The van der Waals surface area contributed by atoms with Crippen molar-refractivity contribution in [1.29, 1.82) is 0 Å². The highest BCUT2D eigenvalue weighted by Crippen LogP contribution is 2.28. The van der Waals surface area contributed by atoms with Gasteiger partial charge in [-0.2, -0.15) is 0 Å². The molecule has 1 unspecified atom stereocenters. The highest BCUT2D eigenvalue weighted by molar-refractivity contribution is 5.42. The molecule has 0 saturated carbocycles. The van der Waals surface area contributed by atoms with Crippen LogP contribution in [0.25, 0.3) is 0 Å².